The molecule has 60 valence electrons. The zero-order valence-electron chi connectivity index (χ0n) is 7.43. The zero-order chi connectivity index (χ0) is 8.10. The topological polar surface area (TPSA) is 0 Å². The Morgan fingerprint density at radius 2 is 2.27 bits per heavy atom. The molecular formula is C11H16. The lowest BCUT2D eigenvalue weighted by molar-refractivity contribution is 0.907. The normalized spacial score (nSPS) is 17.3. The second-order valence-corrected chi connectivity index (χ2v) is 2.99. The van der Waals surface area contributed by atoms with Crippen molar-refractivity contribution in [2.75, 3.05) is 0 Å². The van der Waals surface area contributed by atoms with Gasteiger partial charge in [0.2, 0.25) is 0 Å². The van der Waals surface area contributed by atoms with Gasteiger partial charge in [-0.2, -0.15) is 0 Å². The summed E-state index contributed by atoms with van der Waals surface area (Å²) in [5.74, 6) is 0. The van der Waals surface area contributed by atoms with Crippen LogP contribution in [0.15, 0.2) is 35.5 Å². The molecule has 0 aromatic heterocycles. The van der Waals surface area contributed by atoms with E-state index >= 15 is 0 Å². The van der Waals surface area contributed by atoms with E-state index < -0.39 is 0 Å². The standard InChI is InChI=1S/C11H16/c1-3-7-11-9-6-4-5-8-10(11)2/h4-5,8-9H,3,6-7H2,1-2H3. The highest BCUT2D eigenvalue weighted by atomic mass is 14.0. The summed E-state index contributed by atoms with van der Waals surface area (Å²) in [6.45, 7) is 4.42. The number of hydrogen-bond acceptors (Lipinski definition) is 0. The minimum atomic E-state index is 1.10. The van der Waals surface area contributed by atoms with Crippen molar-refractivity contribution in [1.82, 2.24) is 0 Å². The predicted octanol–water partition coefficient (Wildman–Crippen LogP) is 3.62. The second kappa shape index (κ2) is 4.17. The van der Waals surface area contributed by atoms with E-state index in [1.165, 1.54) is 24.0 Å². The molecule has 0 N–H and O–H groups in total. The number of allylic oxidation sites excluding steroid dienone is 6. The van der Waals surface area contributed by atoms with Crippen LogP contribution < -0.4 is 0 Å². The third kappa shape index (κ3) is 2.38. The summed E-state index contributed by atoms with van der Waals surface area (Å²) >= 11 is 0. The smallest absolute Gasteiger partial charge is 0.0160 e. The van der Waals surface area contributed by atoms with Gasteiger partial charge in [0.15, 0.2) is 0 Å². The van der Waals surface area contributed by atoms with Crippen LogP contribution in [-0.4, -0.2) is 0 Å². The lowest BCUT2D eigenvalue weighted by Gasteiger charge is -2.03. The van der Waals surface area contributed by atoms with Gasteiger partial charge >= 0.3 is 0 Å². The molecule has 0 saturated heterocycles. The summed E-state index contributed by atoms with van der Waals surface area (Å²) in [5.41, 5.74) is 2.96. The molecule has 0 heteroatoms. The fourth-order valence-corrected chi connectivity index (χ4v) is 1.34. The van der Waals surface area contributed by atoms with E-state index in [0.717, 1.165) is 6.42 Å². The Balaban J connectivity index is 2.69. The molecule has 0 aromatic carbocycles. The average molecular weight is 148 g/mol. The molecule has 0 amide bonds. The summed E-state index contributed by atoms with van der Waals surface area (Å²) in [5, 5.41) is 0. The number of hydrogen-bond donors (Lipinski definition) is 0. The van der Waals surface area contributed by atoms with E-state index in [1.54, 1.807) is 0 Å². The molecule has 1 aliphatic rings. The highest BCUT2D eigenvalue weighted by molar-refractivity contribution is 5.34. The largest absolute Gasteiger partial charge is 0.0807 e. The SMILES string of the molecule is CCCC1=CCC=CC=C1C. The third-order valence-electron chi connectivity index (χ3n) is 2.01. The molecule has 0 bridgehead atoms. The molecule has 11 heavy (non-hydrogen) atoms. The molecule has 0 aliphatic heterocycles. The van der Waals surface area contributed by atoms with Crippen LogP contribution in [0.25, 0.3) is 0 Å². The van der Waals surface area contributed by atoms with Gasteiger partial charge in [-0.15, -0.1) is 0 Å². The Hall–Kier alpha value is -0.780. The predicted molar refractivity (Wildman–Crippen MR) is 50.5 cm³/mol. The van der Waals surface area contributed by atoms with Gasteiger partial charge in [0.1, 0.15) is 0 Å². The summed E-state index contributed by atoms with van der Waals surface area (Å²) in [4.78, 5) is 0. The van der Waals surface area contributed by atoms with E-state index in [2.05, 4.69) is 38.2 Å². The van der Waals surface area contributed by atoms with Gasteiger partial charge in [-0.05, 0) is 30.9 Å². The van der Waals surface area contributed by atoms with Gasteiger partial charge in [-0.1, -0.05) is 37.6 Å². The molecule has 0 atom stereocenters. The second-order valence-electron chi connectivity index (χ2n) is 2.99. The average Bonchev–Trinajstić information content (AvgIpc) is 2.18. The molecule has 0 unspecified atom stereocenters. The Bertz CT molecular complexity index is 204. The van der Waals surface area contributed by atoms with Crippen LogP contribution in [0.5, 0.6) is 0 Å². The van der Waals surface area contributed by atoms with E-state index in [9.17, 15) is 0 Å². The third-order valence-corrected chi connectivity index (χ3v) is 2.01. The molecule has 0 fully saturated rings. The lowest BCUT2D eigenvalue weighted by atomic mass is 10.0. The molecule has 0 saturated carbocycles. The van der Waals surface area contributed by atoms with Crippen molar-refractivity contribution in [3.05, 3.63) is 35.5 Å². The van der Waals surface area contributed by atoms with Crippen molar-refractivity contribution in [1.29, 1.82) is 0 Å². The van der Waals surface area contributed by atoms with Crippen molar-refractivity contribution in [2.45, 2.75) is 33.1 Å². The van der Waals surface area contributed by atoms with Gasteiger partial charge < -0.3 is 0 Å². The van der Waals surface area contributed by atoms with Crippen LogP contribution in [0, 0.1) is 0 Å². The highest BCUT2D eigenvalue weighted by Gasteiger charge is 1.98. The van der Waals surface area contributed by atoms with Crippen molar-refractivity contribution in [3.8, 4) is 0 Å². The van der Waals surface area contributed by atoms with Crippen molar-refractivity contribution in [3.63, 3.8) is 0 Å². The van der Waals surface area contributed by atoms with Crippen LogP contribution in [-0.2, 0) is 0 Å². The maximum absolute atomic E-state index is 2.33. The Morgan fingerprint density at radius 3 is 3.00 bits per heavy atom. The van der Waals surface area contributed by atoms with Crippen LogP contribution >= 0.6 is 0 Å². The van der Waals surface area contributed by atoms with Crippen LogP contribution in [0.3, 0.4) is 0 Å². The summed E-state index contributed by atoms with van der Waals surface area (Å²) in [6.07, 6.45) is 12.5. The molecule has 1 aliphatic carbocycles. The first kappa shape index (κ1) is 8.32. The molecule has 1 rings (SSSR count). The van der Waals surface area contributed by atoms with Crippen LogP contribution in [0.4, 0.5) is 0 Å². The van der Waals surface area contributed by atoms with E-state index in [4.69, 9.17) is 0 Å². The zero-order valence-corrected chi connectivity index (χ0v) is 7.43. The minimum absolute atomic E-state index is 1.10. The van der Waals surface area contributed by atoms with Gasteiger partial charge in [0.25, 0.3) is 0 Å². The Labute approximate surface area is 69.3 Å². The van der Waals surface area contributed by atoms with Gasteiger partial charge in [0, 0.05) is 0 Å². The van der Waals surface area contributed by atoms with Crippen molar-refractivity contribution in [2.24, 2.45) is 0 Å². The molecule has 0 heterocycles. The fraction of sp³-hybridized carbons (Fsp3) is 0.455. The maximum atomic E-state index is 2.33. The number of rotatable bonds is 2. The molecule has 0 aromatic rings. The monoisotopic (exact) mass is 148 g/mol. The highest BCUT2D eigenvalue weighted by Crippen LogP contribution is 2.18. The van der Waals surface area contributed by atoms with E-state index in [1.807, 2.05) is 0 Å². The molecular weight excluding hydrogens is 132 g/mol. The first-order chi connectivity index (χ1) is 5.34. The Morgan fingerprint density at radius 1 is 1.45 bits per heavy atom. The quantitative estimate of drug-likeness (QED) is 0.561. The van der Waals surface area contributed by atoms with Gasteiger partial charge in [0.05, 0.1) is 0 Å². The summed E-state index contributed by atoms with van der Waals surface area (Å²) in [6, 6.07) is 0. The van der Waals surface area contributed by atoms with E-state index in [0.29, 0.717) is 0 Å². The van der Waals surface area contributed by atoms with Gasteiger partial charge in [-0.25, -0.2) is 0 Å². The molecule has 0 spiro atoms. The first-order valence-corrected chi connectivity index (χ1v) is 4.37. The Kier molecular flexibility index (Phi) is 3.15. The van der Waals surface area contributed by atoms with Gasteiger partial charge in [-0.3, -0.25) is 0 Å². The molecule has 0 nitrogen and oxygen atoms in total. The van der Waals surface area contributed by atoms with Crippen molar-refractivity contribution >= 4 is 0 Å². The lowest BCUT2D eigenvalue weighted by Crippen LogP contribution is -1.83. The van der Waals surface area contributed by atoms with E-state index in [-0.39, 0.29) is 0 Å². The summed E-state index contributed by atoms with van der Waals surface area (Å²) in [7, 11) is 0. The first-order valence-electron chi connectivity index (χ1n) is 4.37. The fourth-order valence-electron chi connectivity index (χ4n) is 1.34. The summed E-state index contributed by atoms with van der Waals surface area (Å²) < 4.78 is 0. The minimum Gasteiger partial charge on any atom is -0.0807 e. The molecule has 0 radical (unpaired) electrons. The maximum Gasteiger partial charge on any atom is -0.0160 e. The van der Waals surface area contributed by atoms with Crippen LogP contribution in [0.1, 0.15) is 33.1 Å². The van der Waals surface area contributed by atoms with Crippen LogP contribution in [0.2, 0.25) is 0 Å². The van der Waals surface area contributed by atoms with Crippen molar-refractivity contribution < 1.29 is 0 Å².